The summed E-state index contributed by atoms with van der Waals surface area (Å²) in [6.07, 6.45) is 3.59. The molecule has 0 unspecified atom stereocenters. The van der Waals surface area contributed by atoms with Gasteiger partial charge in [-0.15, -0.1) is 11.3 Å². The van der Waals surface area contributed by atoms with Gasteiger partial charge in [0.2, 0.25) is 5.91 Å². The van der Waals surface area contributed by atoms with Crippen molar-refractivity contribution in [3.63, 3.8) is 0 Å². The molecule has 1 heterocycles. The van der Waals surface area contributed by atoms with Crippen LogP contribution in [0.4, 0.5) is 5.13 Å². The molecular weight excluding hydrogens is 334 g/mol. The predicted octanol–water partition coefficient (Wildman–Crippen LogP) is 1.97. The molecule has 1 aromatic carbocycles. The van der Waals surface area contributed by atoms with Crippen LogP contribution in [-0.2, 0) is 21.4 Å². The van der Waals surface area contributed by atoms with Crippen LogP contribution in [0.2, 0.25) is 0 Å². The summed E-state index contributed by atoms with van der Waals surface area (Å²) in [5.41, 5.74) is 0.835. The predicted molar refractivity (Wildman–Crippen MR) is 86.4 cm³/mol. The summed E-state index contributed by atoms with van der Waals surface area (Å²) >= 11 is 1.22. The zero-order valence-electron chi connectivity index (χ0n) is 12.2. The number of aromatic nitrogens is 1. The molecule has 1 aromatic heterocycles. The molecule has 2 aliphatic carbocycles. The van der Waals surface area contributed by atoms with Crippen LogP contribution in [0.5, 0.6) is 0 Å². The molecule has 0 atom stereocenters. The highest BCUT2D eigenvalue weighted by molar-refractivity contribution is 7.93. The second-order valence-corrected chi connectivity index (χ2v) is 8.61. The van der Waals surface area contributed by atoms with Gasteiger partial charge in [-0.1, -0.05) is 12.1 Å². The third-order valence-corrected chi connectivity index (χ3v) is 6.65. The highest BCUT2D eigenvalue weighted by Crippen LogP contribution is 2.75. The van der Waals surface area contributed by atoms with Gasteiger partial charge in [-0.2, -0.15) is 0 Å². The summed E-state index contributed by atoms with van der Waals surface area (Å²) in [4.78, 5) is 16.0. The van der Waals surface area contributed by atoms with Crippen LogP contribution < -0.4 is 10.0 Å². The van der Waals surface area contributed by atoms with Gasteiger partial charge in [0, 0.05) is 18.1 Å². The van der Waals surface area contributed by atoms with E-state index in [-0.39, 0.29) is 16.2 Å². The molecule has 0 aliphatic heterocycles. The molecule has 2 aromatic rings. The van der Waals surface area contributed by atoms with Crippen LogP contribution in [0.15, 0.2) is 40.7 Å². The molecule has 2 saturated carbocycles. The van der Waals surface area contributed by atoms with Gasteiger partial charge < -0.3 is 5.32 Å². The van der Waals surface area contributed by atoms with E-state index in [1.807, 2.05) is 0 Å². The van der Waals surface area contributed by atoms with E-state index >= 15 is 0 Å². The van der Waals surface area contributed by atoms with Crippen molar-refractivity contribution < 1.29 is 13.2 Å². The van der Waals surface area contributed by atoms with Crippen molar-refractivity contribution in [2.75, 3.05) is 4.72 Å². The summed E-state index contributed by atoms with van der Waals surface area (Å²) in [7, 11) is -3.63. The van der Waals surface area contributed by atoms with Crippen LogP contribution in [-0.4, -0.2) is 19.3 Å². The van der Waals surface area contributed by atoms with Crippen molar-refractivity contribution in [1.82, 2.24) is 10.3 Å². The van der Waals surface area contributed by atoms with E-state index in [0.29, 0.717) is 17.6 Å². The van der Waals surface area contributed by atoms with E-state index in [0.717, 1.165) is 18.4 Å². The minimum atomic E-state index is -3.63. The molecule has 2 N–H and O–H groups in total. The van der Waals surface area contributed by atoms with Crippen molar-refractivity contribution in [3.8, 4) is 0 Å². The molecular formula is C15H15N3O3S2. The third kappa shape index (κ3) is 2.72. The number of benzene rings is 1. The minimum absolute atomic E-state index is 0.0408. The van der Waals surface area contributed by atoms with Crippen LogP contribution in [0.3, 0.4) is 0 Å². The normalized spacial score (nSPS) is 24.6. The number of sulfonamides is 1. The zero-order chi connectivity index (χ0) is 16.1. The van der Waals surface area contributed by atoms with Gasteiger partial charge in [0.25, 0.3) is 10.0 Å². The molecule has 2 aliphatic rings. The van der Waals surface area contributed by atoms with Crippen LogP contribution in [0.25, 0.3) is 0 Å². The highest BCUT2D eigenvalue weighted by Gasteiger charge is 2.74. The molecule has 0 spiro atoms. The first-order valence-electron chi connectivity index (χ1n) is 7.29. The second kappa shape index (κ2) is 5.04. The van der Waals surface area contributed by atoms with Crippen LogP contribution >= 0.6 is 11.3 Å². The van der Waals surface area contributed by atoms with Gasteiger partial charge >= 0.3 is 0 Å². The fourth-order valence-electron chi connectivity index (χ4n) is 2.67. The molecule has 0 saturated heterocycles. The number of hydrogen-bond acceptors (Lipinski definition) is 5. The van der Waals surface area contributed by atoms with Crippen molar-refractivity contribution >= 4 is 32.4 Å². The Hall–Kier alpha value is -1.93. The van der Waals surface area contributed by atoms with Crippen molar-refractivity contribution in [2.24, 2.45) is 11.3 Å². The van der Waals surface area contributed by atoms with Crippen LogP contribution in [0, 0.1) is 11.3 Å². The quantitative estimate of drug-likeness (QED) is 0.834. The lowest BCUT2D eigenvalue weighted by Crippen LogP contribution is -2.27. The molecule has 23 heavy (non-hydrogen) atoms. The van der Waals surface area contributed by atoms with Crippen molar-refractivity contribution in [2.45, 2.75) is 24.3 Å². The number of carbonyl (C=O) groups excluding carboxylic acids is 1. The fraction of sp³-hybridized carbons (Fsp3) is 0.333. The standard InChI is InChI=1S/C15H15N3O3S2/c19-13(15-7-11(15)8-15)17-9-10-1-3-12(4-2-10)23(20,21)18-14-16-5-6-22-14/h1-6,11H,7-9H2,(H,16,18)(H,17,19). The van der Waals surface area contributed by atoms with Crippen molar-refractivity contribution in [3.05, 3.63) is 41.4 Å². The Labute approximate surface area is 138 Å². The summed E-state index contributed by atoms with van der Waals surface area (Å²) < 4.78 is 26.8. The average molecular weight is 349 g/mol. The number of thiazole rings is 1. The molecule has 8 heteroatoms. The fourth-order valence-corrected chi connectivity index (χ4v) is 4.45. The zero-order valence-corrected chi connectivity index (χ0v) is 13.8. The Kier molecular flexibility index (Phi) is 3.21. The molecule has 6 nitrogen and oxygen atoms in total. The van der Waals surface area contributed by atoms with Gasteiger partial charge in [0.05, 0.1) is 10.3 Å². The summed E-state index contributed by atoms with van der Waals surface area (Å²) in [6.45, 7) is 0.424. The maximum Gasteiger partial charge on any atom is 0.263 e. The average Bonchev–Trinajstić information content (AvgIpc) is 3.34. The van der Waals surface area contributed by atoms with E-state index in [1.165, 1.54) is 29.7 Å². The lowest BCUT2D eigenvalue weighted by atomic mass is 10.2. The van der Waals surface area contributed by atoms with E-state index < -0.39 is 10.0 Å². The maximum absolute atomic E-state index is 12.2. The van der Waals surface area contributed by atoms with E-state index in [9.17, 15) is 13.2 Å². The number of amides is 1. The van der Waals surface area contributed by atoms with Crippen LogP contribution in [0.1, 0.15) is 18.4 Å². The van der Waals surface area contributed by atoms with E-state index in [1.54, 1.807) is 17.5 Å². The number of fused-ring (bicyclic) bond motifs is 1. The number of rotatable bonds is 6. The lowest BCUT2D eigenvalue weighted by molar-refractivity contribution is -0.124. The van der Waals surface area contributed by atoms with Gasteiger partial charge in [-0.25, -0.2) is 13.4 Å². The largest absolute Gasteiger partial charge is 0.352 e. The first-order valence-corrected chi connectivity index (χ1v) is 9.65. The first-order chi connectivity index (χ1) is 11.0. The number of carbonyl (C=O) groups is 1. The molecule has 120 valence electrons. The maximum atomic E-state index is 12.2. The summed E-state index contributed by atoms with van der Waals surface area (Å²) in [6, 6.07) is 6.50. The van der Waals surface area contributed by atoms with E-state index in [4.69, 9.17) is 0 Å². The van der Waals surface area contributed by atoms with Gasteiger partial charge in [0.1, 0.15) is 0 Å². The minimum Gasteiger partial charge on any atom is -0.352 e. The lowest BCUT2D eigenvalue weighted by Gasteiger charge is -2.09. The number of hydrogen-bond donors (Lipinski definition) is 2. The van der Waals surface area contributed by atoms with Gasteiger partial charge in [0.15, 0.2) is 5.13 Å². The Morgan fingerprint density at radius 2 is 2.00 bits per heavy atom. The smallest absolute Gasteiger partial charge is 0.263 e. The Balaban J connectivity index is 1.39. The van der Waals surface area contributed by atoms with Gasteiger partial charge in [-0.05, 0) is 36.5 Å². The molecule has 1 amide bonds. The number of nitrogens with zero attached hydrogens (tertiary/aromatic N) is 1. The SMILES string of the molecule is O=C(NCc1ccc(S(=O)(=O)Nc2nccs2)cc1)C12CC1C2. The third-order valence-electron chi connectivity index (χ3n) is 4.48. The Morgan fingerprint density at radius 1 is 1.30 bits per heavy atom. The van der Waals surface area contributed by atoms with E-state index in [2.05, 4.69) is 15.0 Å². The monoisotopic (exact) mass is 349 g/mol. The second-order valence-electron chi connectivity index (χ2n) is 6.03. The summed E-state index contributed by atoms with van der Waals surface area (Å²) in [5.74, 6) is 0.747. The number of anilines is 1. The highest BCUT2D eigenvalue weighted by atomic mass is 32.2. The molecule has 4 rings (SSSR count). The Bertz CT molecular complexity index is 839. The Morgan fingerprint density at radius 3 is 2.57 bits per heavy atom. The summed E-state index contributed by atoms with van der Waals surface area (Å²) in [5, 5.41) is 4.96. The topological polar surface area (TPSA) is 88.2 Å². The molecule has 0 bridgehead atoms. The molecule has 0 radical (unpaired) electrons. The van der Waals surface area contributed by atoms with Gasteiger partial charge in [-0.3, -0.25) is 9.52 Å². The number of nitrogens with one attached hydrogen (secondary N) is 2. The van der Waals surface area contributed by atoms with Crippen molar-refractivity contribution in [1.29, 1.82) is 0 Å². The first kappa shape index (κ1) is 14.6. The molecule has 2 fully saturated rings.